The average Bonchev–Trinajstić information content (AvgIpc) is 2.85. The largest absolute Gasteiger partial charge is 0.382 e. The Kier molecular flexibility index (Phi) is 5.70. The monoisotopic (exact) mass is 444 g/mol. The zero-order valence-electron chi connectivity index (χ0n) is 18.1. The van der Waals surface area contributed by atoms with Gasteiger partial charge >= 0.3 is 0 Å². The van der Waals surface area contributed by atoms with Crippen LogP contribution in [0.4, 0.5) is 17.2 Å². The van der Waals surface area contributed by atoms with E-state index in [1.165, 1.54) is 0 Å². The van der Waals surface area contributed by atoms with Crippen molar-refractivity contribution in [3.05, 3.63) is 59.7 Å². The molecule has 5 rings (SSSR count). The lowest BCUT2D eigenvalue weighted by molar-refractivity contribution is -0.116. The third-order valence-corrected chi connectivity index (χ3v) is 5.94. The molecule has 0 spiro atoms. The fourth-order valence-electron chi connectivity index (χ4n) is 4.21. The van der Waals surface area contributed by atoms with Gasteiger partial charge in [-0.05, 0) is 30.2 Å². The summed E-state index contributed by atoms with van der Waals surface area (Å²) in [6.45, 7) is 2.84. The van der Waals surface area contributed by atoms with Crippen molar-refractivity contribution >= 4 is 28.9 Å². The predicted molar refractivity (Wildman–Crippen MR) is 124 cm³/mol. The first-order valence-electron chi connectivity index (χ1n) is 10.9. The molecule has 168 valence electrons. The highest BCUT2D eigenvalue weighted by Crippen LogP contribution is 2.29. The molecule has 0 bridgehead atoms. The molecule has 3 N–H and O–H groups in total. The molecule has 1 aromatic carbocycles. The van der Waals surface area contributed by atoms with Crippen LogP contribution >= 0.6 is 0 Å². The number of ether oxygens (including phenoxy) is 1. The predicted octanol–water partition coefficient (Wildman–Crippen LogP) is 2.27. The average molecular weight is 444 g/mol. The standard InChI is InChI=1S/C24H24N6O3/c25-24-23(21(31)12-17-13-26-6-5-20(17)30-7-9-33-10-8-30)29-19(14-27-24)16-1-3-18-15(11-16)2-4-22(32)28-18/h1,3,5-6,11,13-14H,2,4,7-10,12H2,(H2,25,27)(H,28,32). The number of aryl methyl sites for hydroxylation is 1. The number of benzene rings is 1. The summed E-state index contributed by atoms with van der Waals surface area (Å²) in [5, 5.41) is 2.87. The van der Waals surface area contributed by atoms with Crippen LogP contribution in [0.25, 0.3) is 11.3 Å². The molecule has 0 unspecified atom stereocenters. The Balaban J connectivity index is 1.41. The molecule has 9 heteroatoms. The number of nitrogen functional groups attached to an aromatic ring is 1. The normalized spacial score (nSPS) is 15.6. The maximum atomic E-state index is 13.2. The van der Waals surface area contributed by atoms with Crippen molar-refractivity contribution in [2.24, 2.45) is 0 Å². The van der Waals surface area contributed by atoms with Crippen molar-refractivity contribution in [2.45, 2.75) is 19.3 Å². The molecule has 9 nitrogen and oxygen atoms in total. The molecule has 2 aromatic heterocycles. The van der Waals surface area contributed by atoms with Gasteiger partial charge in [0.05, 0.1) is 25.1 Å². The number of rotatable bonds is 5. The van der Waals surface area contributed by atoms with Gasteiger partial charge in [-0.15, -0.1) is 0 Å². The van der Waals surface area contributed by atoms with Crippen molar-refractivity contribution in [3.8, 4) is 11.3 Å². The van der Waals surface area contributed by atoms with E-state index in [0.717, 1.165) is 41.2 Å². The SMILES string of the molecule is Nc1ncc(-c2ccc3c(c2)CCC(=O)N3)nc1C(=O)Cc1cnccc1N1CCOCC1. The number of morpholine rings is 1. The number of ketones is 1. The van der Waals surface area contributed by atoms with Gasteiger partial charge in [-0.25, -0.2) is 9.97 Å². The first-order chi connectivity index (χ1) is 16.1. The van der Waals surface area contributed by atoms with E-state index in [4.69, 9.17) is 10.5 Å². The van der Waals surface area contributed by atoms with Gasteiger partial charge in [0.15, 0.2) is 11.6 Å². The number of pyridine rings is 1. The topological polar surface area (TPSA) is 123 Å². The van der Waals surface area contributed by atoms with Gasteiger partial charge in [0.25, 0.3) is 0 Å². The van der Waals surface area contributed by atoms with Crippen LogP contribution in [0.5, 0.6) is 0 Å². The minimum Gasteiger partial charge on any atom is -0.382 e. The number of nitrogens with two attached hydrogens (primary N) is 1. The number of carbonyl (C=O) groups is 2. The molecule has 4 heterocycles. The van der Waals surface area contributed by atoms with E-state index in [1.807, 2.05) is 24.3 Å². The van der Waals surface area contributed by atoms with Gasteiger partial charge in [-0.1, -0.05) is 6.07 Å². The summed E-state index contributed by atoms with van der Waals surface area (Å²) in [7, 11) is 0. The van der Waals surface area contributed by atoms with Crippen LogP contribution < -0.4 is 16.0 Å². The number of hydrogen-bond donors (Lipinski definition) is 2. The third-order valence-electron chi connectivity index (χ3n) is 5.94. The van der Waals surface area contributed by atoms with Gasteiger partial charge in [-0.2, -0.15) is 0 Å². The molecule has 0 saturated carbocycles. The lowest BCUT2D eigenvalue weighted by atomic mass is 9.99. The Morgan fingerprint density at radius 2 is 2.00 bits per heavy atom. The Labute approximate surface area is 191 Å². The van der Waals surface area contributed by atoms with Crippen molar-refractivity contribution in [2.75, 3.05) is 42.3 Å². The van der Waals surface area contributed by atoms with Crippen molar-refractivity contribution in [1.82, 2.24) is 15.0 Å². The van der Waals surface area contributed by atoms with E-state index in [1.54, 1.807) is 18.6 Å². The van der Waals surface area contributed by atoms with Gasteiger partial charge in [0.1, 0.15) is 5.69 Å². The first-order valence-corrected chi connectivity index (χ1v) is 10.9. The quantitative estimate of drug-likeness (QED) is 0.575. The first kappa shape index (κ1) is 21.0. The summed E-state index contributed by atoms with van der Waals surface area (Å²) < 4.78 is 5.44. The molecule has 0 aliphatic carbocycles. The minimum atomic E-state index is -0.213. The summed E-state index contributed by atoms with van der Waals surface area (Å²) >= 11 is 0. The second kappa shape index (κ2) is 8.95. The van der Waals surface area contributed by atoms with E-state index >= 15 is 0 Å². The summed E-state index contributed by atoms with van der Waals surface area (Å²) in [6, 6.07) is 7.61. The van der Waals surface area contributed by atoms with Crippen LogP contribution in [0.2, 0.25) is 0 Å². The molecule has 2 aliphatic rings. The molecule has 1 fully saturated rings. The van der Waals surface area contributed by atoms with Crippen LogP contribution in [0.15, 0.2) is 42.9 Å². The minimum absolute atomic E-state index is 0.0160. The van der Waals surface area contributed by atoms with Crippen LogP contribution in [0, 0.1) is 0 Å². The fourth-order valence-corrected chi connectivity index (χ4v) is 4.21. The molecular weight excluding hydrogens is 420 g/mol. The van der Waals surface area contributed by atoms with E-state index in [2.05, 4.69) is 25.2 Å². The third kappa shape index (κ3) is 4.40. The fraction of sp³-hybridized carbons (Fsp3) is 0.292. The van der Waals surface area contributed by atoms with Gasteiger partial charge in [0.2, 0.25) is 5.91 Å². The number of carbonyl (C=O) groups excluding carboxylic acids is 2. The van der Waals surface area contributed by atoms with Crippen LogP contribution in [0.1, 0.15) is 28.0 Å². The molecule has 1 amide bonds. The highest BCUT2D eigenvalue weighted by atomic mass is 16.5. The molecule has 0 radical (unpaired) electrons. The summed E-state index contributed by atoms with van der Waals surface area (Å²) in [5.41, 5.74) is 11.2. The van der Waals surface area contributed by atoms with Crippen molar-refractivity contribution in [1.29, 1.82) is 0 Å². The molecule has 2 aliphatic heterocycles. The van der Waals surface area contributed by atoms with Gasteiger partial charge in [0, 0.05) is 60.8 Å². The maximum Gasteiger partial charge on any atom is 0.224 e. The zero-order valence-corrected chi connectivity index (χ0v) is 18.1. The Hall–Kier alpha value is -3.85. The van der Waals surface area contributed by atoms with Gasteiger partial charge < -0.3 is 20.7 Å². The number of aromatic nitrogens is 3. The molecule has 1 saturated heterocycles. The van der Waals surface area contributed by atoms with Crippen molar-refractivity contribution < 1.29 is 14.3 Å². The molecule has 0 atom stereocenters. The number of anilines is 3. The summed E-state index contributed by atoms with van der Waals surface area (Å²) in [6.07, 6.45) is 6.25. The van der Waals surface area contributed by atoms with Crippen LogP contribution in [-0.2, 0) is 22.4 Å². The number of amides is 1. The van der Waals surface area contributed by atoms with Crippen LogP contribution in [-0.4, -0.2) is 52.9 Å². The highest BCUT2D eigenvalue weighted by molar-refractivity contribution is 6.00. The maximum absolute atomic E-state index is 13.2. The summed E-state index contributed by atoms with van der Waals surface area (Å²) in [4.78, 5) is 40.1. The Morgan fingerprint density at radius 1 is 1.15 bits per heavy atom. The van der Waals surface area contributed by atoms with E-state index in [-0.39, 0.29) is 29.6 Å². The molecule has 3 aromatic rings. The Bertz CT molecular complexity index is 1220. The number of fused-ring (bicyclic) bond motifs is 1. The second-order valence-corrected chi connectivity index (χ2v) is 8.11. The van der Waals surface area contributed by atoms with E-state index in [0.29, 0.717) is 31.7 Å². The lowest BCUT2D eigenvalue weighted by Crippen LogP contribution is -2.37. The molecule has 33 heavy (non-hydrogen) atoms. The van der Waals surface area contributed by atoms with E-state index < -0.39 is 0 Å². The van der Waals surface area contributed by atoms with Crippen LogP contribution in [0.3, 0.4) is 0 Å². The lowest BCUT2D eigenvalue weighted by Gasteiger charge is -2.30. The Morgan fingerprint density at radius 3 is 2.85 bits per heavy atom. The second-order valence-electron chi connectivity index (χ2n) is 8.11. The number of nitrogens with one attached hydrogen (secondary N) is 1. The number of Topliss-reactive ketones (excluding diaryl/α,β-unsaturated/α-hetero) is 1. The van der Waals surface area contributed by atoms with Crippen molar-refractivity contribution in [3.63, 3.8) is 0 Å². The number of nitrogens with zero attached hydrogens (tertiary/aromatic N) is 4. The summed E-state index contributed by atoms with van der Waals surface area (Å²) in [5.74, 6) is -0.0948. The zero-order chi connectivity index (χ0) is 22.8. The van der Waals surface area contributed by atoms with E-state index in [9.17, 15) is 9.59 Å². The number of hydrogen-bond acceptors (Lipinski definition) is 8. The van der Waals surface area contributed by atoms with Gasteiger partial charge in [-0.3, -0.25) is 14.6 Å². The molecular formula is C24H24N6O3. The smallest absolute Gasteiger partial charge is 0.224 e. The highest BCUT2D eigenvalue weighted by Gasteiger charge is 2.21.